The lowest BCUT2D eigenvalue weighted by Gasteiger charge is -2.23. The van der Waals surface area contributed by atoms with E-state index in [4.69, 9.17) is 0 Å². The van der Waals surface area contributed by atoms with E-state index in [1.165, 1.54) is 31.2 Å². The zero-order chi connectivity index (χ0) is 11.0. The lowest BCUT2D eigenvalue weighted by Crippen LogP contribution is -2.35. The van der Waals surface area contributed by atoms with Crippen LogP contribution in [0.3, 0.4) is 0 Å². The molecule has 0 amide bonds. The third-order valence-electron chi connectivity index (χ3n) is 3.89. The SMILES string of the molecule is C[C@@H](NC(C1CC1)C1CC1)c1cccnc1. The van der Waals surface area contributed by atoms with Crippen molar-refractivity contribution in [3.63, 3.8) is 0 Å². The monoisotopic (exact) mass is 216 g/mol. The van der Waals surface area contributed by atoms with Gasteiger partial charge < -0.3 is 5.32 Å². The molecule has 1 aromatic rings. The van der Waals surface area contributed by atoms with E-state index in [1.54, 1.807) is 0 Å². The maximum absolute atomic E-state index is 4.19. The van der Waals surface area contributed by atoms with Crippen molar-refractivity contribution >= 4 is 0 Å². The van der Waals surface area contributed by atoms with Gasteiger partial charge in [0.05, 0.1) is 0 Å². The molecule has 2 saturated carbocycles. The number of nitrogens with zero attached hydrogens (tertiary/aromatic N) is 1. The Kier molecular flexibility index (Phi) is 2.68. The second-order valence-electron chi connectivity index (χ2n) is 5.38. The van der Waals surface area contributed by atoms with Crippen molar-refractivity contribution in [1.29, 1.82) is 0 Å². The maximum atomic E-state index is 4.19. The Hall–Kier alpha value is -0.890. The van der Waals surface area contributed by atoms with Crippen molar-refractivity contribution in [2.24, 2.45) is 11.8 Å². The van der Waals surface area contributed by atoms with Crippen molar-refractivity contribution in [3.8, 4) is 0 Å². The van der Waals surface area contributed by atoms with Crippen LogP contribution in [0.4, 0.5) is 0 Å². The molecule has 0 saturated heterocycles. The molecule has 16 heavy (non-hydrogen) atoms. The molecule has 2 nitrogen and oxygen atoms in total. The minimum Gasteiger partial charge on any atom is -0.307 e. The summed E-state index contributed by atoms with van der Waals surface area (Å²) in [5.41, 5.74) is 1.31. The summed E-state index contributed by atoms with van der Waals surface area (Å²) in [4.78, 5) is 4.19. The Bertz CT molecular complexity index is 329. The second-order valence-corrected chi connectivity index (χ2v) is 5.38. The summed E-state index contributed by atoms with van der Waals surface area (Å²) in [5, 5.41) is 3.82. The number of hydrogen-bond donors (Lipinski definition) is 1. The van der Waals surface area contributed by atoms with Gasteiger partial charge in [-0.1, -0.05) is 6.07 Å². The molecule has 0 bridgehead atoms. The Morgan fingerprint density at radius 2 is 1.94 bits per heavy atom. The van der Waals surface area contributed by atoms with E-state index in [9.17, 15) is 0 Å². The van der Waals surface area contributed by atoms with Gasteiger partial charge in [0.25, 0.3) is 0 Å². The first kappa shape index (κ1) is 10.3. The molecule has 2 fully saturated rings. The van der Waals surface area contributed by atoms with E-state index in [-0.39, 0.29) is 0 Å². The highest BCUT2D eigenvalue weighted by molar-refractivity contribution is 5.14. The van der Waals surface area contributed by atoms with Crippen molar-refractivity contribution in [3.05, 3.63) is 30.1 Å². The highest BCUT2D eigenvalue weighted by Gasteiger charge is 2.41. The lowest BCUT2D eigenvalue weighted by atomic mass is 10.0. The molecule has 2 heteroatoms. The molecule has 0 aromatic carbocycles. The van der Waals surface area contributed by atoms with E-state index in [0.717, 1.165) is 17.9 Å². The van der Waals surface area contributed by atoms with Crippen molar-refractivity contribution in [2.45, 2.75) is 44.7 Å². The molecule has 2 aliphatic carbocycles. The van der Waals surface area contributed by atoms with Crippen LogP contribution in [0.5, 0.6) is 0 Å². The maximum Gasteiger partial charge on any atom is 0.0315 e. The molecular formula is C14H20N2. The van der Waals surface area contributed by atoms with Crippen LogP contribution >= 0.6 is 0 Å². The van der Waals surface area contributed by atoms with Crippen LogP contribution in [0.25, 0.3) is 0 Å². The molecular weight excluding hydrogens is 196 g/mol. The van der Waals surface area contributed by atoms with E-state index < -0.39 is 0 Å². The lowest BCUT2D eigenvalue weighted by molar-refractivity contribution is 0.377. The normalized spacial score (nSPS) is 22.4. The van der Waals surface area contributed by atoms with Crippen molar-refractivity contribution in [2.75, 3.05) is 0 Å². The predicted molar refractivity (Wildman–Crippen MR) is 65.0 cm³/mol. The van der Waals surface area contributed by atoms with Gasteiger partial charge in [-0.3, -0.25) is 4.98 Å². The molecule has 1 atom stereocenters. The Morgan fingerprint density at radius 3 is 2.44 bits per heavy atom. The fourth-order valence-electron chi connectivity index (χ4n) is 2.58. The zero-order valence-electron chi connectivity index (χ0n) is 9.89. The van der Waals surface area contributed by atoms with E-state index in [0.29, 0.717) is 6.04 Å². The number of aromatic nitrogens is 1. The molecule has 2 aliphatic rings. The van der Waals surface area contributed by atoms with Crippen LogP contribution in [0.2, 0.25) is 0 Å². The fraction of sp³-hybridized carbons (Fsp3) is 0.643. The van der Waals surface area contributed by atoms with Crippen molar-refractivity contribution < 1.29 is 0 Å². The first-order valence-corrected chi connectivity index (χ1v) is 6.50. The molecule has 3 rings (SSSR count). The third kappa shape index (κ3) is 2.27. The molecule has 0 spiro atoms. The van der Waals surface area contributed by atoms with Gasteiger partial charge in [-0.15, -0.1) is 0 Å². The quantitative estimate of drug-likeness (QED) is 0.818. The zero-order valence-corrected chi connectivity index (χ0v) is 9.89. The minimum atomic E-state index is 0.444. The van der Waals surface area contributed by atoms with Crippen LogP contribution in [-0.2, 0) is 0 Å². The summed E-state index contributed by atoms with van der Waals surface area (Å²) in [7, 11) is 0. The number of hydrogen-bond acceptors (Lipinski definition) is 2. The van der Waals surface area contributed by atoms with Gasteiger partial charge >= 0.3 is 0 Å². The molecule has 0 unspecified atom stereocenters. The predicted octanol–water partition coefficient (Wildman–Crippen LogP) is 2.92. The molecule has 1 N–H and O–H groups in total. The van der Waals surface area contributed by atoms with Crippen LogP contribution < -0.4 is 5.32 Å². The number of rotatable bonds is 5. The summed E-state index contributed by atoms with van der Waals surface area (Å²) in [5.74, 6) is 1.93. The summed E-state index contributed by atoms with van der Waals surface area (Å²) in [6.45, 7) is 2.26. The summed E-state index contributed by atoms with van der Waals surface area (Å²) < 4.78 is 0. The molecule has 86 valence electrons. The minimum absolute atomic E-state index is 0.444. The Balaban J connectivity index is 1.64. The van der Waals surface area contributed by atoms with Gasteiger partial charge in [-0.05, 0) is 56.1 Å². The highest BCUT2D eigenvalue weighted by Crippen LogP contribution is 2.45. The summed E-state index contributed by atoms with van der Waals surface area (Å²) in [6, 6.07) is 5.41. The average molecular weight is 216 g/mol. The Morgan fingerprint density at radius 1 is 1.25 bits per heavy atom. The number of pyridine rings is 1. The van der Waals surface area contributed by atoms with Gasteiger partial charge in [-0.2, -0.15) is 0 Å². The third-order valence-corrected chi connectivity index (χ3v) is 3.89. The molecule has 1 heterocycles. The molecule has 0 radical (unpaired) electrons. The fourth-order valence-corrected chi connectivity index (χ4v) is 2.58. The second kappa shape index (κ2) is 4.17. The summed E-state index contributed by atoms with van der Waals surface area (Å²) >= 11 is 0. The van der Waals surface area contributed by atoms with E-state index >= 15 is 0 Å². The molecule has 1 aromatic heterocycles. The standard InChI is InChI=1S/C14H20N2/c1-10(13-3-2-8-15-9-13)16-14(11-4-5-11)12-6-7-12/h2-3,8-12,14,16H,4-7H2,1H3/t10-/m1/s1. The topological polar surface area (TPSA) is 24.9 Å². The summed E-state index contributed by atoms with van der Waals surface area (Å²) in [6.07, 6.45) is 9.58. The van der Waals surface area contributed by atoms with Crippen molar-refractivity contribution in [1.82, 2.24) is 10.3 Å². The average Bonchev–Trinajstić information content (AvgIpc) is 3.19. The van der Waals surface area contributed by atoms with Gasteiger partial charge in [0.1, 0.15) is 0 Å². The smallest absolute Gasteiger partial charge is 0.0315 e. The van der Waals surface area contributed by atoms with Gasteiger partial charge in [0.15, 0.2) is 0 Å². The van der Waals surface area contributed by atoms with E-state index in [2.05, 4.69) is 23.3 Å². The first-order valence-electron chi connectivity index (χ1n) is 6.50. The number of nitrogens with one attached hydrogen (secondary N) is 1. The van der Waals surface area contributed by atoms with Crippen LogP contribution in [0.15, 0.2) is 24.5 Å². The molecule has 0 aliphatic heterocycles. The highest BCUT2D eigenvalue weighted by atomic mass is 15.0. The van der Waals surface area contributed by atoms with Gasteiger partial charge in [0, 0.05) is 24.5 Å². The van der Waals surface area contributed by atoms with Crippen LogP contribution in [-0.4, -0.2) is 11.0 Å². The first-order chi connectivity index (χ1) is 7.84. The van der Waals surface area contributed by atoms with Gasteiger partial charge in [-0.25, -0.2) is 0 Å². The van der Waals surface area contributed by atoms with Gasteiger partial charge in [0.2, 0.25) is 0 Å². The largest absolute Gasteiger partial charge is 0.307 e. The van der Waals surface area contributed by atoms with E-state index in [1.807, 2.05) is 18.5 Å². The van der Waals surface area contributed by atoms with Crippen LogP contribution in [0.1, 0.15) is 44.2 Å². The van der Waals surface area contributed by atoms with Crippen LogP contribution in [0, 0.1) is 11.8 Å². The Labute approximate surface area is 97.5 Å².